The molecular formula is C24H23N5O3. The molecule has 2 aromatic heterocycles. The predicted molar refractivity (Wildman–Crippen MR) is 119 cm³/mol. The first kappa shape index (κ1) is 20.0. The number of ether oxygens (including phenoxy) is 1. The molecule has 0 spiro atoms. The maximum absolute atomic E-state index is 12.5. The monoisotopic (exact) mass is 429 g/mol. The summed E-state index contributed by atoms with van der Waals surface area (Å²) in [6.07, 6.45) is 1.07. The summed E-state index contributed by atoms with van der Waals surface area (Å²) in [5.74, 6) is 1.70. The molecule has 32 heavy (non-hydrogen) atoms. The van der Waals surface area contributed by atoms with Crippen LogP contribution in [0.15, 0.2) is 52.9 Å². The second-order valence-electron chi connectivity index (χ2n) is 7.78. The lowest BCUT2D eigenvalue weighted by molar-refractivity contribution is 0.0652. The minimum atomic E-state index is 0.0665. The third-order valence-electron chi connectivity index (χ3n) is 5.72. The van der Waals surface area contributed by atoms with Gasteiger partial charge in [-0.3, -0.25) is 4.79 Å². The van der Waals surface area contributed by atoms with Crippen molar-refractivity contribution in [3.63, 3.8) is 0 Å². The van der Waals surface area contributed by atoms with Gasteiger partial charge in [0.05, 0.1) is 18.5 Å². The standard InChI is InChI=1S/C24H23N5O3/c1-15-21(23-26-25-16(2)32-23)27-29(22(15)17-7-11-20(31-3)12-8-17)19-9-5-18(6-10-19)24(30)28-13-4-14-28/h5-12H,4,13-14H2,1-3H3. The molecule has 0 N–H and O–H groups in total. The van der Waals surface area contributed by atoms with Gasteiger partial charge in [-0.2, -0.15) is 5.10 Å². The van der Waals surface area contributed by atoms with Gasteiger partial charge in [0.15, 0.2) is 5.69 Å². The zero-order valence-electron chi connectivity index (χ0n) is 18.2. The third kappa shape index (κ3) is 3.43. The Bertz CT molecular complexity index is 1270. The van der Waals surface area contributed by atoms with Crippen molar-refractivity contribution in [2.75, 3.05) is 20.2 Å². The van der Waals surface area contributed by atoms with Crippen LogP contribution in [0.25, 0.3) is 28.5 Å². The van der Waals surface area contributed by atoms with E-state index in [0.717, 1.165) is 47.8 Å². The molecule has 0 bridgehead atoms. The predicted octanol–water partition coefficient (Wildman–Crippen LogP) is 4.06. The van der Waals surface area contributed by atoms with E-state index < -0.39 is 0 Å². The van der Waals surface area contributed by atoms with Gasteiger partial charge in [0.2, 0.25) is 5.89 Å². The summed E-state index contributed by atoms with van der Waals surface area (Å²) in [7, 11) is 1.64. The molecule has 1 amide bonds. The molecule has 2 aromatic carbocycles. The Balaban J connectivity index is 1.60. The molecular weight excluding hydrogens is 406 g/mol. The largest absolute Gasteiger partial charge is 0.497 e. The lowest BCUT2D eigenvalue weighted by Crippen LogP contribution is -2.41. The molecule has 0 atom stereocenters. The van der Waals surface area contributed by atoms with E-state index in [0.29, 0.717) is 23.0 Å². The van der Waals surface area contributed by atoms with Crippen molar-refractivity contribution in [2.45, 2.75) is 20.3 Å². The molecule has 1 aliphatic heterocycles. The molecule has 162 valence electrons. The van der Waals surface area contributed by atoms with Crippen molar-refractivity contribution in [2.24, 2.45) is 0 Å². The number of aromatic nitrogens is 4. The lowest BCUT2D eigenvalue weighted by atomic mass is 10.1. The molecule has 8 nitrogen and oxygen atoms in total. The summed E-state index contributed by atoms with van der Waals surface area (Å²) < 4.78 is 12.8. The zero-order valence-corrected chi connectivity index (χ0v) is 18.2. The smallest absolute Gasteiger partial charge is 0.268 e. The van der Waals surface area contributed by atoms with Gasteiger partial charge in [-0.1, -0.05) is 0 Å². The van der Waals surface area contributed by atoms with Gasteiger partial charge in [-0.15, -0.1) is 10.2 Å². The summed E-state index contributed by atoms with van der Waals surface area (Å²) in [6.45, 7) is 5.39. The van der Waals surface area contributed by atoms with Crippen LogP contribution in [0.4, 0.5) is 0 Å². The first-order valence-electron chi connectivity index (χ1n) is 10.5. The van der Waals surface area contributed by atoms with E-state index in [-0.39, 0.29) is 5.91 Å². The minimum Gasteiger partial charge on any atom is -0.497 e. The molecule has 1 saturated heterocycles. The number of nitrogens with zero attached hydrogens (tertiary/aromatic N) is 5. The molecule has 0 saturated carbocycles. The highest BCUT2D eigenvalue weighted by atomic mass is 16.5. The van der Waals surface area contributed by atoms with Crippen molar-refractivity contribution in [1.82, 2.24) is 24.9 Å². The minimum absolute atomic E-state index is 0.0665. The van der Waals surface area contributed by atoms with Crippen LogP contribution in [-0.4, -0.2) is 51.0 Å². The van der Waals surface area contributed by atoms with Crippen LogP contribution in [0, 0.1) is 13.8 Å². The van der Waals surface area contributed by atoms with E-state index in [1.165, 1.54) is 0 Å². The van der Waals surface area contributed by atoms with E-state index in [4.69, 9.17) is 14.3 Å². The number of benzene rings is 2. The number of rotatable bonds is 5. The summed E-state index contributed by atoms with van der Waals surface area (Å²) in [4.78, 5) is 14.4. The van der Waals surface area contributed by atoms with Crippen LogP contribution in [0.1, 0.15) is 28.2 Å². The van der Waals surface area contributed by atoms with Crippen molar-refractivity contribution in [3.05, 3.63) is 65.5 Å². The SMILES string of the molecule is COc1ccc(-c2c(C)c(-c3nnc(C)o3)nn2-c2ccc(C(=O)N3CCC3)cc2)cc1. The number of carbonyl (C=O) groups excluding carboxylic acids is 1. The fraction of sp³-hybridized carbons (Fsp3) is 0.250. The Morgan fingerprint density at radius 2 is 1.72 bits per heavy atom. The summed E-state index contributed by atoms with van der Waals surface area (Å²) in [5, 5.41) is 12.9. The Morgan fingerprint density at radius 1 is 1.00 bits per heavy atom. The molecule has 0 unspecified atom stereocenters. The second kappa shape index (κ2) is 7.96. The van der Waals surface area contributed by atoms with Crippen molar-refractivity contribution in [3.8, 4) is 34.3 Å². The van der Waals surface area contributed by atoms with Crippen LogP contribution in [-0.2, 0) is 0 Å². The number of hydrogen-bond donors (Lipinski definition) is 0. The van der Waals surface area contributed by atoms with Gasteiger partial charge < -0.3 is 14.1 Å². The highest BCUT2D eigenvalue weighted by molar-refractivity contribution is 5.94. The fourth-order valence-corrected chi connectivity index (χ4v) is 3.81. The van der Waals surface area contributed by atoms with Crippen molar-refractivity contribution < 1.29 is 13.9 Å². The third-order valence-corrected chi connectivity index (χ3v) is 5.72. The number of methoxy groups -OCH3 is 1. The molecule has 0 radical (unpaired) electrons. The van der Waals surface area contributed by atoms with Crippen molar-refractivity contribution >= 4 is 5.91 Å². The van der Waals surface area contributed by atoms with Gasteiger partial charge >= 0.3 is 0 Å². The lowest BCUT2D eigenvalue weighted by Gasteiger charge is -2.30. The Kier molecular flexibility index (Phi) is 4.97. The van der Waals surface area contributed by atoms with Gasteiger partial charge in [-0.05, 0) is 61.9 Å². The topological polar surface area (TPSA) is 86.3 Å². The normalized spacial score (nSPS) is 13.2. The van der Waals surface area contributed by atoms with Crippen LogP contribution >= 0.6 is 0 Å². The number of hydrogen-bond acceptors (Lipinski definition) is 6. The molecule has 0 aliphatic carbocycles. The quantitative estimate of drug-likeness (QED) is 0.476. The van der Waals surface area contributed by atoms with Crippen LogP contribution in [0.3, 0.4) is 0 Å². The van der Waals surface area contributed by atoms with Gasteiger partial charge in [0.25, 0.3) is 11.8 Å². The molecule has 1 fully saturated rings. The first-order valence-corrected chi connectivity index (χ1v) is 10.5. The van der Waals surface area contributed by atoms with E-state index in [2.05, 4.69) is 10.2 Å². The summed E-state index contributed by atoms with van der Waals surface area (Å²) in [6, 6.07) is 15.3. The van der Waals surface area contributed by atoms with Gasteiger partial charge in [0, 0.05) is 36.7 Å². The zero-order chi connectivity index (χ0) is 22.2. The van der Waals surface area contributed by atoms with E-state index in [1.807, 2.05) is 65.0 Å². The highest BCUT2D eigenvalue weighted by Crippen LogP contribution is 2.34. The first-order chi connectivity index (χ1) is 15.5. The molecule has 4 aromatic rings. The number of amides is 1. The molecule has 1 aliphatic rings. The number of aryl methyl sites for hydroxylation is 1. The van der Waals surface area contributed by atoms with Crippen LogP contribution in [0.2, 0.25) is 0 Å². The summed E-state index contributed by atoms with van der Waals surface area (Å²) >= 11 is 0. The van der Waals surface area contributed by atoms with E-state index in [1.54, 1.807) is 14.0 Å². The van der Waals surface area contributed by atoms with Crippen LogP contribution in [0.5, 0.6) is 5.75 Å². The maximum Gasteiger partial charge on any atom is 0.268 e. The fourth-order valence-electron chi connectivity index (χ4n) is 3.81. The molecule has 5 rings (SSSR count). The van der Waals surface area contributed by atoms with Crippen LogP contribution < -0.4 is 4.74 Å². The van der Waals surface area contributed by atoms with E-state index >= 15 is 0 Å². The van der Waals surface area contributed by atoms with Crippen molar-refractivity contribution in [1.29, 1.82) is 0 Å². The Morgan fingerprint density at radius 3 is 2.28 bits per heavy atom. The average Bonchev–Trinajstić information content (AvgIpc) is 3.35. The summed E-state index contributed by atoms with van der Waals surface area (Å²) in [5.41, 5.74) is 4.92. The molecule has 3 heterocycles. The maximum atomic E-state index is 12.5. The van der Waals surface area contributed by atoms with Gasteiger partial charge in [0.1, 0.15) is 5.75 Å². The second-order valence-corrected chi connectivity index (χ2v) is 7.78. The highest BCUT2D eigenvalue weighted by Gasteiger charge is 2.24. The average molecular weight is 429 g/mol. The number of likely N-dealkylation sites (tertiary alicyclic amines) is 1. The Hall–Kier alpha value is -3.94. The Labute approximate surface area is 185 Å². The number of carbonyl (C=O) groups is 1. The molecule has 8 heteroatoms. The van der Waals surface area contributed by atoms with E-state index in [9.17, 15) is 4.79 Å². The van der Waals surface area contributed by atoms with Gasteiger partial charge in [-0.25, -0.2) is 4.68 Å².